The molecule has 0 saturated heterocycles. The molecule has 2 aliphatic carbocycles. The molecular weight excluding hydrogens is 320 g/mol. The van der Waals surface area contributed by atoms with Crippen LogP contribution in [-0.4, -0.2) is 0 Å². The summed E-state index contributed by atoms with van der Waals surface area (Å²) in [5.74, 6) is 0.997. The van der Waals surface area contributed by atoms with Crippen LogP contribution in [0.5, 0.6) is 0 Å². The Morgan fingerprint density at radius 2 is 1.27 bits per heavy atom. The second kappa shape index (κ2) is 4.87. The van der Waals surface area contributed by atoms with Crippen LogP contribution < -0.4 is 11.5 Å². The van der Waals surface area contributed by atoms with Crippen molar-refractivity contribution < 1.29 is 0 Å². The molecule has 1 heterocycles. The highest BCUT2D eigenvalue weighted by Gasteiger charge is 2.78. The second-order valence-electron chi connectivity index (χ2n) is 8.75. The molecule has 4 nitrogen and oxygen atoms in total. The molecule has 0 spiro atoms. The van der Waals surface area contributed by atoms with Gasteiger partial charge in [0.25, 0.3) is 0 Å². The zero-order valence-electron chi connectivity index (χ0n) is 15.4. The summed E-state index contributed by atoms with van der Waals surface area (Å²) in [6.45, 7) is 4.69. The Labute approximate surface area is 154 Å². The molecular formula is C22H26N4. The Balaban J connectivity index is 1.79. The van der Waals surface area contributed by atoms with Crippen molar-refractivity contribution in [3.8, 4) is 0 Å². The van der Waals surface area contributed by atoms with Gasteiger partial charge in [-0.1, -0.05) is 44.5 Å². The Kier molecular flexibility index (Phi) is 2.97. The van der Waals surface area contributed by atoms with Gasteiger partial charge in [0.15, 0.2) is 0 Å². The molecule has 2 fully saturated rings. The lowest BCUT2D eigenvalue weighted by Crippen LogP contribution is -2.44. The minimum Gasteiger partial charge on any atom is -0.399 e. The molecule has 1 aliphatic heterocycles. The van der Waals surface area contributed by atoms with Gasteiger partial charge in [0, 0.05) is 16.8 Å². The number of anilines is 2. The Hall–Kier alpha value is -2.36. The van der Waals surface area contributed by atoms with Gasteiger partial charge in [-0.15, -0.1) is 0 Å². The minimum atomic E-state index is -0.311. The van der Waals surface area contributed by atoms with Crippen LogP contribution in [0.3, 0.4) is 0 Å². The first-order valence-corrected chi connectivity index (χ1v) is 9.59. The maximum Gasteiger partial charge on any atom is 0.117 e. The summed E-state index contributed by atoms with van der Waals surface area (Å²) in [5, 5.41) is 10.1. The van der Waals surface area contributed by atoms with E-state index in [1.807, 2.05) is 24.3 Å². The van der Waals surface area contributed by atoms with E-state index in [4.69, 9.17) is 21.7 Å². The van der Waals surface area contributed by atoms with Crippen LogP contribution in [0.25, 0.3) is 0 Å². The molecule has 3 aliphatic rings. The van der Waals surface area contributed by atoms with Gasteiger partial charge in [-0.05, 0) is 60.1 Å². The lowest BCUT2D eigenvalue weighted by Gasteiger charge is -2.42. The fourth-order valence-electron chi connectivity index (χ4n) is 6.55. The van der Waals surface area contributed by atoms with Gasteiger partial charge in [0.1, 0.15) is 11.1 Å². The molecule has 134 valence electrons. The highest BCUT2D eigenvalue weighted by Crippen LogP contribution is 2.77. The summed E-state index contributed by atoms with van der Waals surface area (Å²) in [6, 6.07) is 16.6. The average molecular weight is 346 g/mol. The summed E-state index contributed by atoms with van der Waals surface area (Å²) in [6.07, 6.45) is 3.64. The van der Waals surface area contributed by atoms with Gasteiger partial charge in [-0.25, -0.2) is 0 Å². The van der Waals surface area contributed by atoms with Crippen molar-refractivity contribution in [3.05, 3.63) is 59.7 Å². The summed E-state index contributed by atoms with van der Waals surface area (Å²) in [4.78, 5) is 0. The first kappa shape index (κ1) is 15.9. The van der Waals surface area contributed by atoms with E-state index in [0.717, 1.165) is 11.4 Å². The van der Waals surface area contributed by atoms with Gasteiger partial charge in [-0.2, -0.15) is 10.2 Å². The summed E-state index contributed by atoms with van der Waals surface area (Å²) < 4.78 is 0. The largest absolute Gasteiger partial charge is 0.399 e. The van der Waals surface area contributed by atoms with Crippen LogP contribution >= 0.6 is 0 Å². The molecule has 2 bridgehead atoms. The average Bonchev–Trinajstić information content (AvgIpc) is 3.22. The molecule has 26 heavy (non-hydrogen) atoms. The Morgan fingerprint density at radius 1 is 0.808 bits per heavy atom. The van der Waals surface area contributed by atoms with Crippen molar-refractivity contribution in [1.29, 1.82) is 0 Å². The number of nitrogens with two attached hydrogens (primary N) is 2. The molecule has 2 aromatic carbocycles. The predicted octanol–water partition coefficient (Wildman–Crippen LogP) is 4.86. The van der Waals surface area contributed by atoms with Crippen molar-refractivity contribution in [3.63, 3.8) is 0 Å². The van der Waals surface area contributed by atoms with Crippen LogP contribution in [0.15, 0.2) is 58.8 Å². The van der Waals surface area contributed by atoms with E-state index in [1.54, 1.807) is 0 Å². The third kappa shape index (κ3) is 1.57. The first-order valence-electron chi connectivity index (χ1n) is 9.59. The number of nitrogen functional groups attached to an aromatic ring is 2. The Bertz CT molecular complexity index is 846. The monoisotopic (exact) mass is 346 g/mol. The van der Waals surface area contributed by atoms with E-state index in [-0.39, 0.29) is 16.5 Å². The van der Waals surface area contributed by atoms with Crippen molar-refractivity contribution in [1.82, 2.24) is 0 Å². The van der Waals surface area contributed by atoms with Crippen molar-refractivity contribution in [2.24, 2.45) is 27.5 Å². The van der Waals surface area contributed by atoms with Gasteiger partial charge in [0.05, 0.1) is 0 Å². The molecule has 4 heteroatoms. The normalized spacial score (nSPS) is 36.4. The number of hydrogen-bond acceptors (Lipinski definition) is 4. The molecule has 0 aromatic heterocycles. The molecule has 0 amide bonds. The van der Waals surface area contributed by atoms with E-state index in [0.29, 0.717) is 11.8 Å². The predicted molar refractivity (Wildman–Crippen MR) is 105 cm³/mol. The molecule has 0 unspecified atom stereocenters. The lowest BCUT2D eigenvalue weighted by molar-refractivity contribution is 0.141. The third-order valence-corrected chi connectivity index (χ3v) is 7.51. The second-order valence-corrected chi connectivity index (χ2v) is 8.75. The molecule has 5 rings (SSSR count). The third-order valence-electron chi connectivity index (χ3n) is 7.51. The molecule has 2 aromatic rings. The first-order chi connectivity index (χ1) is 12.4. The van der Waals surface area contributed by atoms with Crippen LogP contribution in [0.1, 0.15) is 44.2 Å². The number of benzene rings is 2. The van der Waals surface area contributed by atoms with Gasteiger partial charge in [-0.3, -0.25) is 0 Å². The maximum atomic E-state index is 6.15. The van der Waals surface area contributed by atoms with Crippen LogP contribution in [0, 0.1) is 17.3 Å². The fraction of sp³-hybridized carbons (Fsp3) is 0.455. The number of nitrogens with zero attached hydrogens (tertiary/aromatic N) is 2. The van der Waals surface area contributed by atoms with Crippen molar-refractivity contribution >= 4 is 11.4 Å². The van der Waals surface area contributed by atoms with Crippen molar-refractivity contribution in [2.75, 3.05) is 11.5 Å². The Morgan fingerprint density at radius 3 is 1.69 bits per heavy atom. The topological polar surface area (TPSA) is 76.8 Å². The molecule has 4 atom stereocenters. The smallest absolute Gasteiger partial charge is 0.117 e. The van der Waals surface area contributed by atoms with Gasteiger partial charge >= 0.3 is 0 Å². The van der Waals surface area contributed by atoms with Crippen LogP contribution in [0.2, 0.25) is 0 Å². The summed E-state index contributed by atoms with van der Waals surface area (Å²) in [5.41, 5.74) is 15.6. The van der Waals surface area contributed by atoms with Crippen molar-refractivity contribution in [2.45, 2.75) is 44.2 Å². The van der Waals surface area contributed by atoms with Gasteiger partial charge in [0.2, 0.25) is 0 Å². The van der Waals surface area contributed by atoms with E-state index in [2.05, 4.69) is 38.1 Å². The highest BCUT2D eigenvalue weighted by atomic mass is 15.3. The number of rotatable bonds is 2. The number of fused-ring (bicyclic) bond motifs is 5. The maximum absolute atomic E-state index is 6.15. The molecule has 4 N–H and O–H groups in total. The zero-order chi connectivity index (χ0) is 18.2. The number of hydrogen-bond donors (Lipinski definition) is 2. The SMILES string of the molecule is CC1(C)[C@]2(c3cccc(N)c3)N=N[C@@]1(c1cccc(N)c1)[C@H]1CCC[C@H]12. The van der Waals surface area contributed by atoms with E-state index in [1.165, 1.54) is 30.4 Å². The molecule has 0 radical (unpaired) electrons. The van der Waals surface area contributed by atoms with E-state index in [9.17, 15) is 0 Å². The summed E-state index contributed by atoms with van der Waals surface area (Å²) >= 11 is 0. The van der Waals surface area contributed by atoms with Gasteiger partial charge < -0.3 is 11.5 Å². The fourth-order valence-corrected chi connectivity index (χ4v) is 6.55. The van der Waals surface area contributed by atoms with Crippen LogP contribution in [-0.2, 0) is 11.1 Å². The van der Waals surface area contributed by atoms with Crippen LogP contribution in [0.4, 0.5) is 11.4 Å². The quantitative estimate of drug-likeness (QED) is 0.762. The lowest BCUT2D eigenvalue weighted by atomic mass is 9.61. The highest BCUT2D eigenvalue weighted by molar-refractivity contribution is 5.52. The van der Waals surface area contributed by atoms with E-state index < -0.39 is 0 Å². The van der Waals surface area contributed by atoms with E-state index >= 15 is 0 Å². The zero-order valence-corrected chi connectivity index (χ0v) is 15.4. The summed E-state index contributed by atoms with van der Waals surface area (Å²) in [7, 11) is 0. The number of azo groups is 1. The minimum absolute atomic E-state index is 0.142. The standard InChI is InChI=1S/C22H26N4/c1-20(2)21(14-6-3-8-16(23)12-14)18-10-5-11-19(18)22(20,26-25-21)15-7-4-9-17(24)13-15/h3-4,6-9,12-13,18-19H,5,10-11,23-24H2,1-2H3/t18-,19+,21-,22+. The molecule has 2 saturated carbocycles.